The molecule has 3 aromatic rings. The molecule has 1 aliphatic heterocycles. The maximum absolute atomic E-state index is 11.7. The normalized spacial score (nSPS) is 16.0. The molecule has 2 aromatic carbocycles. The molecule has 1 aromatic heterocycles. The minimum absolute atomic E-state index is 0.462. The fourth-order valence-corrected chi connectivity index (χ4v) is 3.51. The van der Waals surface area contributed by atoms with Gasteiger partial charge in [-0.25, -0.2) is 0 Å². The van der Waals surface area contributed by atoms with Gasteiger partial charge in [0.2, 0.25) is 5.79 Å². The number of carbonyl (C=O) groups excluding carboxylic acids is 1. The van der Waals surface area contributed by atoms with Crippen LogP contribution < -0.4 is 5.73 Å². The molecule has 24 heavy (non-hydrogen) atoms. The van der Waals surface area contributed by atoms with Gasteiger partial charge in [0, 0.05) is 40.2 Å². The number of hydrogen-bond donors (Lipinski definition) is 2. The van der Waals surface area contributed by atoms with Crippen molar-refractivity contribution in [1.29, 1.82) is 0 Å². The number of ether oxygens (including phenoxy) is 2. The van der Waals surface area contributed by atoms with E-state index in [1.165, 1.54) is 0 Å². The number of rotatable bonds is 2. The second-order valence-corrected chi connectivity index (χ2v) is 7.05. The van der Waals surface area contributed by atoms with Crippen molar-refractivity contribution in [3.63, 3.8) is 0 Å². The number of fused-ring (bicyclic) bond motifs is 3. The van der Waals surface area contributed by atoms with Gasteiger partial charge in [0.25, 0.3) is 5.91 Å². The smallest absolute Gasteiger partial charge is 0.250 e. The summed E-state index contributed by atoms with van der Waals surface area (Å²) in [5, 5.41) is 1.94. The average Bonchev–Trinajstić information content (AvgIpc) is 3.07. The molecule has 0 saturated carbocycles. The van der Waals surface area contributed by atoms with E-state index in [1.54, 1.807) is 12.3 Å². The largest absolute Gasteiger partial charge is 0.457 e. The predicted octanol–water partition coefficient (Wildman–Crippen LogP) is 4.26. The van der Waals surface area contributed by atoms with Crippen LogP contribution in [-0.4, -0.2) is 16.7 Å². The third kappa shape index (κ3) is 2.26. The SMILES string of the molecule is CC1(C)OC=C(c2ccc3c(c2)[nH]c2c(C(N)=O)ccc(Br)c23)O1. The number of H-pyrrole nitrogens is 1. The number of primary amides is 1. The molecule has 2 heterocycles. The molecule has 0 aliphatic carbocycles. The molecule has 0 fully saturated rings. The lowest BCUT2D eigenvalue weighted by molar-refractivity contribution is -0.102. The summed E-state index contributed by atoms with van der Waals surface area (Å²) in [7, 11) is 0. The fraction of sp³-hybridized carbons (Fsp3) is 0.167. The predicted molar refractivity (Wildman–Crippen MR) is 96.2 cm³/mol. The highest BCUT2D eigenvalue weighted by Gasteiger charge is 2.28. The number of aromatic amines is 1. The van der Waals surface area contributed by atoms with Gasteiger partial charge in [0.05, 0.1) is 11.1 Å². The molecule has 6 heteroatoms. The summed E-state index contributed by atoms with van der Waals surface area (Å²) in [6.45, 7) is 3.71. The number of halogens is 1. The Labute approximate surface area is 146 Å². The summed E-state index contributed by atoms with van der Waals surface area (Å²) in [4.78, 5) is 15.0. The molecule has 4 rings (SSSR count). The first-order valence-corrected chi connectivity index (χ1v) is 8.26. The van der Waals surface area contributed by atoms with Crippen molar-refractivity contribution in [2.24, 2.45) is 5.73 Å². The van der Waals surface area contributed by atoms with Crippen molar-refractivity contribution in [3.05, 3.63) is 52.2 Å². The third-order valence-corrected chi connectivity index (χ3v) is 4.72. The number of carbonyl (C=O) groups is 1. The van der Waals surface area contributed by atoms with Crippen LogP contribution in [0.25, 0.3) is 27.6 Å². The molecule has 0 spiro atoms. The molecule has 5 nitrogen and oxygen atoms in total. The zero-order chi connectivity index (χ0) is 17.1. The standard InChI is InChI=1S/C18H15BrN2O3/c1-18(2)23-8-14(24-18)9-3-4-10-13(7-9)21-16-11(17(20)22)5-6-12(19)15(10)16/h3-8,21H,1-2H3,(H2,20,22). The Morgan fingerprint density at radius 3 is 2.71 bits per heavy atom. The van der Waals surface area contributed by atoms with Crippen LogP contribution in [-0.2, 0) is 9.47 Å². The average molecular weight is 387 g/mol. The summed E-state index contributed by atoms with van der Waals surface area (Å²) in [5.41, 5.74) is 8.47. The van der Waals surface area contributed by atoms with E-state index in [4.69, 9.17) is 15.2 Å². The van der Waals surface area contributed by atoms with Crippen molar-refractivity contribution in [2.75, 3.05) is 0 Å². The van der Waals surface area contributed by atoms with Gasteiger partial charge in [0.1, 0.15) is 6.26 Å². The Balaban J connectivity index is 1.93. The lowest BCUT2D eigenvalue weighted by atomic mass is 10.1. The Morgan fingerprint density at radius 2 is 2.04 bits per heavy atom. The van der Waals surface area contributed by atoms with Gasteiger partial charge in [-0.2, -0.15) is 0 Å². The first kappa shape index (κ1) is 15.1. The zero-order valence-electron chi connectivity index (χ0n) is 13.1. The minimum Gasteiger partial charge on any atom is -0.457 e. The first-order valence-electron chi connectivity index (χ1n) is 7.47. The molecule has 0 saturated heterocycles. The van der Waals surface area contributed by atoms with Crippen LogP contribution in [0.15, 0.2) is 41.1 Å². The second kappa shape index (κ2) is 5.01. The van der Waals surface area contributed by atoms with E-state index in [0.29, 0.717) is 11.3 Å². The third-order valence-electron chi connectivity index (χ3n) is 4.06. The van der Waals surface area contributed by atoms with E-state index in [1.807, 2.05) is 38.1 Å². The van der Waals surface area contributed by atoms with Gasteiger partial charge in [-0.15, -0.1) is 0 Å². The van der Waals surface area contributed by atoms with E-state index >= 15 is 0 Å². The lowest BCUT2D eigenvalue weighted by Crippen LogP contribution is -2.19. The molecule has 0 atom stereocenters. The quantitative estimate of drug-likeness (QED) is 0.690. The summed E-state index contributed by atoms with van der Waals surface area (Å²) in [6, 6.07) is 9.49. The Bertz CT molecular complexity index is 1030. The van der Waals surface area contributed by atoms with Crippen LogP contribution in [0.5, 0.6) is 0 Å². The summed E-state index contributed by atoms with van der Waals surface area (Å²) in [5.74, 6) is -0.446. The number of amides is 1. The molecule has 0 radical (unpaired) electrons. The van der Waals surface area contributed by atoms with Crippen LogP contribution in [0, 0.1) is 0 Å². The molecule has 122 valence electrons. The number of nitrogens with two attached hydrogens (primary N) is 1. The Kier molecular flexibility index (Phi) is 3.15. The Morgan fingerprint density at radius 1 is 1.25 bits per heavy atom. The molecule has 1 amide bonds. The number of nitrogens with one attached hydrogen (secondary N) is 1. The van der Waals surface area contributed by atoms with Crippen molar-refractivity contribution in [1.82, 2.24) is 4.98 Å². The van der Waals surface area contributed by atoms with Crippen LogP contribution in [0.4, 0.5) is 0 Å². The zero-order valence-corrected chi connectivity index (χ0v) is 14.7. The van der Waals surface area contributed by atoms with Crippen molar-refractivity contribution in [2.45, 2.75) is 19.6 Å². The first-order chi connectivity index (χ1) is 11.4. The molecule has 1 aliphatic rings. The van der Waals surface area contributed by atoms with E-state index in [9.17, 15) is 4.79 Å². The highest BCUT2D eigenvalue weighted by molar-refractivity contribution is 9.10. The van der Waals surface area contributed by atoms with Crippen LogP contribution >= 0.6 is 15.9 Å². The van der Waals surface area contributed by atoms with E-state index in [-0.39, 0.29) is 0 Å². The molecule has 0 bridgehead atoms. The van der Waals surface area contributed by atoms with E-state index < -0.39 is 11.7 Å². The van der Waals surface area contributed by atoms with Crippen molar-refractivity contribution >= 4 is 49.4 Å². The van der Waals surface area contributed by atoms with Crippen LogP contribution in [0.1, 0.15) is 29.8 Å². The van der Waals surface area contributed by atoms with Crippen LogP contribution in [0.3, 0.4) is 0 Å². The van der Waals surface area contributed by atoms with E-state index in [2.05, 4.69) is 20.9 Å². The maximum Gasteiger partial charge on any atom is 0.250 e. The van der Waals surface area contributed by atoms with Gasteiger partial charge in [-0.3, -0.25) is 4.79 Å². The van der Waals surface area contributed by atoms with Crippen molar-refractivity contribution in [3.8, 4) is 0 Å². The topological polar surface area (TPSA) is 77.3 Å². The van der Waals surface area contributed by atoms with Gasteiger partial charge >= 0.3 is 0 Å². The summed E-state index contributed by atoms with van der Waals surface area (Å²) >= 11 is 3.55. The maximum atomic E-state index is 11.7. The number of aromatic nitrogens is 1. The van der Waals surface area contributed by atoms with Crippen molar-refractivity contribution < 1.29 is 14.3 Å². The van der Waals surface area contributed by atoms with E-state index in [0.717, 1.165) is 31.8 Å². The monoisotopic (exact) mass is 386 g/mol. The minimum atomic E-state index is -0.660. The second-order valence-electron chi connectivity index (χ2n) is 6.20. The highest BCUT2D eigenvalue weighted by Crippen LogP contribution is 2.37. The number of benzene rings is 2. The van der Waals surface area contributed by atoms with Crippen LogP contribution in [0.2, 0.25) is 0 Å². The molecule has 3 N–H and O–H groups in total. The van der Waals surface area contributed by atoms with Gasteiger partial charge in [-0.1, -0.05) is 28.1 Å². The molecule has 0 unspecified atom stereocenters. The summed E-state index contributed by atoms with van der Waals surface area (Å²) in [6.07, 6.45) is 1.62. The molecular formula is C18H15BrN2O3. The highest BCUT2D eigenvalue weighted by atomic mass is 79.9. The van der Waals surface area contributed by atoms with Gasteiger partial charge in [0.15, 0.2) is 5.76 Å². The number of hydrogen-bond acceptors (Lipinski definition) is 3. The van der Waals surface area contributed by atoms with Gasteiger partial charge in [-0.05, 0) is 18.2 Å². The summed E-state index contributed by atoms with van der Waals surface area (Å²) < 4.78 is 12.2. The fourth-order valence-electron chi connectivity index (χ4n) is 2.96. The molecular weight excluding hydrogens is 372 g/mol. The Hall–Kier alpha value is -2.47. The lowest BCUT2D eigenvalue weighted by Gasteiger charge is -2.18. The van der Waals surface area contributed by atoms with Gasteiger partial charge < -0.3 is 20.2 Å².